The molecular formula is C29H36N4O4. The molecule has 2 aromatic carbocycles. The largest absolute Gasteiger partial charge is 0.444 e. The van der Waals surface area contributed by atoms with Crippen molar-refractivity contribution in [3.05, 3.63) is 70.8 Å². The zero-order valence-corrected chi connectivity index (χ0v) is 22.0. The fraction of sp³-hybridized carbons (Fsp3) is 0.483. The van der Waals surface area contributed by atoms with E-state index in [0.717, 1.165) is 42.9 Å². The summed E-state index contributed by atoms with van der Waals surface area (Å²) < 4.78 is 5.51. The average Bonchev–Trinajstić information content (AvgIpc) is 2.86. The lowest BCUT2D eigenvalue weighted by Crippen LogP contribution is -2.64. The molecule has 2 aromatic rings. The highest BCUT2D eigenvalue weighted by molar-refractivity contribution is 5.95. The van der Waals surface area contributed by atoms with Crippen LogP contribution in [-0.2, 0) is 17.7 Å². The van der Waals surface area contributed by atoms with Crippen LogP contribution in [-0.4, -0.2) is 95.0 Å². The van der Waals surface area contributed by atoms with E-state index in [1.54, 1.807) is 4.90 Å². The van der Waals surface area contributed by atoms with Gasteiger partial charge in [0.15, 0.2) is 0 Å². The van der Waals surface area contributed by atoms with Crippen molar-refractivity contribution in [2.24, 2.45) is 0 Å². The van der Waals surface area contributed by atoms with Crippen LogP contribution in [0.3, 0.4) is 0 Å². The molecular weight excluding hydrogens is 468 g/mol. The summed E-state index contributed by atoms with van der Waals surface area (Å²) in [4.78, 5) is 46.2. The smallest absolute Gasteiger partial charge is 0.410 e. The zero-order valence-electron chi connectivity index (χ0n) is 22.0. The molecule has 0 saturated carbocycles. The predicted molar refractivity (Wildman–Crippen MR) is 140 cm³/mol. The normalized spacial score (nSPS) is 18.7. The van der Waals surface area contributed by atoms with Crippen molar-refractivity contribution in [3.8, 4) is 0 Å². The summed E-state index contributed by atoms with van der Waals surface area (Å²) in [5.74, 6) is 0.152. The number of hydrogen-bond donors (Lipinski definition) is 0. The van der Waals surface area contributed by atoms with Crippen LogP contribution in [0, 0.1) is 0 Å². The van der Waals surface area contributed by atoms with Gasteiger partial charge in [-0.05, 0) is 62.6 Å². The summed E-state index contributed by atoms with van der Waals surface area (Å²) >= 11 is 0. The van der Waals surface area contributed by atoms with Crippen LogP contribution in [0.1, 0.15) is 52.6 Å². The van der Waals surface area contributed by atoms with Gasteiger partial charge in [0.25, 0.3) is 11.8 Å². The first-order valence-electron chi connectivity index (χ1n) is 13.2. The molecule has 0 N–H and O–H groups in total. The number of amides is 3. The standard InChI is InChI=1S/C29H36N4O4/c1-29(2,3)37-28(36)32-12-11-22-17-23(9-10-24(22)18-32)27(35)33-19-25(20-33)30-13-15-31(16-14-30)26(34)21-7-5-4-6-8-21/h4-10,17,25H,11-16,18-20H2,1-3H3. The number of piperazine rings is 1. The highest BCUT2D eigenvalue weighted by Crippen LogP contribution is 2.25. The molecule has 0 aliphatic carbocycles. The van der Waals surface area contributed by atoms with E-state index in [0.29, 0.717) is 44.2 Å². The van der Waals surface area contributed by atoms with Gasteiger partial charge in [0.1, 0.15) is 5.60 Å². The molecule has 5 rings (SSSR count). The predicted octanol–water partition coefficient (Wildman–Crippen LogP) is 3.26. The summed E-state index contributed by atoms with van der Waals surface area (Å²) in [7, 11) is 0. The van der Waals surface area contributed by atoms with Gasteiger partial charge in [0.05, 0.1) is 0 Å². The molecule has 3 aliphatic heterocycles. The van der Waals surface area contributed by atoms with Crippen LogP contribution in [0.15, 0.2) is 48.5 Å². The summed E-state index contributed by atoms with van der Waals surface area (Å²) in [5, 5.41) is 0. The van der Waals surface area contributed by atoms with Gasteiger partial charge >= 0.3 is 6.09 Å². The van der Waals surface area contributed by atoms with Gasteiger partial charge in [-0.15, -0.1) is 0 Å². The Morgan fingerprint density at radius 3 is 2.11 bits per heavy atom. The van der Waals surface area contributed by atoms with E-state index in [1.165, 1.54) is 0 Å². The summed E-state index contributed by atoms with van der Waals surface area (Å²) in [6.45, 7) is 11.2. The number of hydrogen-bond acceptors (Lipinski definition) is 5. The molecule has 0 spiro atoms. The maximum absolute atomic E-state index is 13.1. The SMILES string of the molecule is CC(C)(C)OC(=O)N1CCc2cc(C(=O)N3CC(N4CCN(C(=O)c5ccccc5)CC4)C3)ccc2C1. The summed E-state index contributed by atoms with van der Waals surface area (Å²) in [5.41, 5.74) is 3.12. The zero-order chi connectivity index (χ0) is 26.2. The Morgan fingerprint density at radius 2 is 1.43 bits per heavy atom. The van der Waals surface area contributed by atoms with Crippen LogP contribution in [0.25, 0.3) is 0 Å². The van der Waals surface area contributed by atoms with Gasteiger partial charge in [0.2, 0.25) is 0 Å². The van der Waals surface area contributed by atoms with Crippen LogP contribution in [0.5, 0.6) is 0 Å². The first kappa shape index (κ1) is 25.3. The third kappa shape index (κ3) is 5.64. The number of carbonyl (C=O) groups is 3. The molecule has 8 heteroatoms. The molecule has 0 radical (unpaired) electrons. The lowest BCUT2D eigenvalue weighted by atomic mass is 9.96. The minimum atomic E-state index is -0.518. The fourth-order valence-electron chi connectivity index (χ4n) is 5.26. The highest BCUT2D eigenvalue weighted by atomic mass is 16.6. The number of nitrogens with zero attached hydrogens (tertiary/aromatic N) is 4. The van der Waals surface area contributed by atoms with Crippen molar-refractivity contribution >= 4 is 17.9 Å². The Labute approximate surface area is 218 Å². The third-order valence-corrected chi connectivity index (χ3v) is 7.41. The van der Waals surface area contributed by atoms with E-state index < -0.39 is 5.60 Å². The minimum Gasteiger partial charge on any atom is -0.444 e. The van der Waals surface area contributed by atoms with Crippen LogP contribution >= 0.6 is 0 Å². The molecule has 2 fully saturated rings. The second-order valence-electron chi connectivity index (χ2n) is 11.2. The Balaban J connectivity index is 1.11. The number of likely N-dealkylation sites (tertiary alicyclic amines) is 1. The molecule has 3 amide bonds. The van der Waals surface area contributed by atoms with Crippen molar-refractivity contribution in [3.63, 3.8) is 0 Å². The molecule has 2 saturated heterocycles. The Morgan fingerprint density at radius 1 is 0.757 bits per heavy atom. The lowest BCUT2D eigenvalue weighted by molar-refractivity contribution is 0.00844. The van der Waals surface area contributed by atoms with E-state index in [9.17, 15) is 14.4 Å². The number of benzene rings is 2. The molecule has 0 bridgehead atoms. The lowest BCUT2D eigenvalue weighted by Gasteiger charge is -2.48. The van der Waals surface area contributed by atoms with Gasteiger partial charge in [-0.2, -0.15) is 0 Å². The van der Waals surface area contributed by atoms with Gasteiger partial charge in [-0.1, -0.05) is 24.3 Å². The molecule has 3 aliphatic rings. The second-order valence-corrected chi connectivity index (χ2v) is 11.2. The van der Waals surface area contributed by atoms with Crippen molar-refractivity contribution < 1.29 is 19.1 Å². The van der Waals surface area contributed by atoms with Crippen molar-refractivity contribution in [1.82, 2.24) is 19.6 Å². The number of ether oxygens (including phenoxy) is 1. The van der Waals surface area contributed by atoms with Crippen LogP contribution in [0.4, 0.5) is 4.79 Å². The second kappa shape index (κ2) is 10.2. The fourth-order valence-corrected chi connectivity index (χ4v) is 5.26. The molecule has 3 heterocycles. The van der Waals surface area contributed by atoms with E-state index in [1.807, 2.05) is 79.1 Å². The Hall–Kier alpha value is -3.39. The molecule has 196 valence electrons. The van der Waals surface area contributed by atoms with Gasteiger partial charge in [0, 0.05) is 69.5 Å². The first-order valence-corrected chi connectivity index (χ1v) is 13.2. The van der Waals surface area contributed by atoms with E-state index in [4.69, 9.17) is 4.74 Å². The molecule has 37 heavy (non-hydrogen) atoms. The van der Waals surface area contributed by atoms with Gasteiger partial charge in [-0.25, -0.2) is 4.79 Å². The quantitative estimate of drug-likeness (QED) is 0.642. The van der Waals surface area contributed by atoms with Crippen LogP contribution < -0.4 is 0 Å². The van der Waals surface area contributed by atoms with Gasteiger partial charge in [-0.3, -0.25) is 14.5 Å². The summed E-state index contributed by atoms with van der Waals surface area (Å²) in [6, 6.07) is 15.6. The van der Waals surface area contributed by atoms with Crippen molar-refractivity contribution in [2.45, 2.75) is 45.4 Å². The van der Waals surface area contributed by atoms with E-state index in [2.05, 4.69) is 4.90 Å². The van der Waals surface area contributed by atoms with Crippen LogP contribution in [0.2, 0.25) is 0 Å². The monoisotopic (exact) mass is 504 g/mol. The van der Waals surface area contributed by atoms with E-state index >= 15 is 0 Å². The van der Waals surface area contributed by atoms with E-state index in [-0.39, 0.29) is 17.9 Å². The molecule has 0 aromatic heterocycles. The summed E-state index contributed by atoms with van der Waals surface area (Å²) in [6.07, 6.45) is 0.416. The highest BCUT2D eigenvalue weighted by Gasteiger charge is 2.37. The average molecular weight is 505 g/mol. The minimum absolute atomic E-state index is 0.0616. The first-order chi connectivity index (χ1) is 17.7. The Kier molecular flexibility index (Phi) is 6.94. The van der Waals surface area contributed by atoms with Crippen molar-refractivity contribution in [2.75, 3.05) is 45.8 Å². The molecule has 8 nitrogen and oxygen atoms in total. The maximum Gasteiger partial charge on any atom is 0.410 e. The topological polar surface area (TPSA) is 73.4 Å². The molecule has 0 atom stereocenters. The number of fused-ring (bicyclic) bond motifs is 1. The van der Waals surface area contributed by atoms with Gasteiger partial charge < -0.3 is 19.4 Å². The Bertz CT molecular complexity index is 1160. The van der Waals surface area contributed by atoms with Crippen molar-refractivity contribution in [1.29, 1.82) is 0 Å². The number of rotatable bonds is 3. The third-order valence-electron chi connectivity index (χ3n) is 7.41. The maximum atomic E-state index is 13.1. The molecule has 0 unspecified atom stereocenters. The number of carbonyl (C=O) groups excluding carboxylic acids is 3.